The summed E-state index contributed by atoms with van der Waals surface area (Å²) in [6, 6.07) is 15.3. The molecule has 0 saturated carbocycles. The molecule has 8 nitrogen and oxygen atoms in total. The molecule has 9 heteroatoms. The highest BCUT2D eigenvalue weighted by Crippen LogP contribution is 2.30. The lowest BCUT2D eigenvalue weighted by Gasteiger charge is -2.05. The summed E-state index contributed by atoms with van der Waals surface area (Å²) in [5, 5.41) is 14.7. The molecule has 0 bridgehead atoms. The molecule has 2 aromatic carbocycles. The molecule has 0 radical (unpaired) electrons. The molecule has 0 saturated heterocycles. The van der Waals surface area contributed by atoms with Crippen LogP contribution in [0.1, 0.15) is 11.3 Å². The second-order valence-corrected chi connectivity index (χ2v) is 6.85. The van der Waals surface area contributed by atoms with Crippen LogP contribution in [0.5, 0.6) is 5.75 Å². The fourth-order valence-corrected chi connectivity index (χ4v) is 3.15. The van der Waals surface area contributed by atoms with Crippen molar-refractivity contribution in [3.63, 3.8) is 0 Å². The van der Waals surface area contributed by atoms with Crippen LogP contribution >= 0.6 is 15.9 Å². The van der Waals surface area contributed by atoms with Crippen LogP contribution < -0.4 is 10.2 Å². The molecule has 3 aromatic rings. The van der Waals surface area contributed by atoms with Gasteiger partial charge in [-0.3, -0.25) is 14.9 Å². The fraction of sp³-hybridized carbons (Fsp3) is 0.100. The largest absolute Gasteiger partial charge is 0.477 e. The zero-order valence-electron chi connectivity index (χ0n) is 15.3. The van der Waals surface area contributed by atoms with Crippen molar-refractivity contribution in [2.45, 2.75) is 6.92 Å². The number of halogens is 1. The second-order valence-electron chi connectivity index (χ2n) is 5.99. The Balaban J connectivity index is 1.56. The predicted molar refractivity (Wildman–Crippen MR) is 111 cm³/mol. The number of nitrogens with one attached hydrogen (secondary N) is 1. The summed E-state index contributed by atoms with van der Waals surface area (Å²) >= 11 is 3.51. The van der Waals surface area contributed by atoms with Gasteiger partial charge in [0.2, 0.25) is 0 Å². The Kier molecular flexibility index (Phi) is 6.40. The average Bonchev–Trinajstić information content (AvgIpc) is 3.15. The standard InChI is InChI=1S/C20H16BrN3O5/c1-13-6-8-15(16(21)10-13)18-9-7-14(29-18)11-22-23-20(25)12-28-19-5-3-2-4-17(19)24(26)27/h2-11H,12H2,1H3,(H,23,25)/b22-11+. The van der Waals surface area contributed by atoms with Crippen molar-refractivity contribution in [3.8, 4) is 17.1 Å². The van der Waals surface area contributed by atoms with Gasteiger partial charge in [-0.1, -0.05) is 34.1 Å². The highest BCUT2D eigenvalue weighted by molar-refractivity contribution is 9.10. The van der Waals surface area contributed by atoms with Crippen molar-refractivity contribution in [3.05, 3.63) is 80.5 Å². The van der Waals surface area contributed by atoms with E-state index in [9.17, 15) is 14.9 Å². The summed E-state index contributed by atoms with van der Waals surface area (Å²) in [6.07, 6.45) is 1.36. The van der Waals surface area contributed by atoms with Crippen molar-refractivity contribution >= 4 is 33.7 Å². The normalized spacial score (nSPS) is 10.8. The number of carbonyl (C=O) groups is 1. The van der Waals surface area contributed by atoms with E-state index >= 15 is 0 Å². The molecular weight excluding hydrogens is 442 g/mol. The quantitative estimate of drug-likeness (QED) is 0.320. The predicted octanol–water partition coefficient (Wildman–Crippen LogP) is 4.45. The summed E-state index contributed by atoms with van der Waals surface area (Å²) < 4.78 is 11.8. The van der Waals surface area contributed by atoms with Crippen molar-refractivity contribution in [2.24, 2.45) is 5.10 Å². The Morgan fingerprint density at radius 1 is 1.28 bits per heavy atom. The van der Waals surface area contributed by atoms with E-state index in [4.69, 9.17) is 9.15 Å². The molecule has 1 amide bonds. The third-order valence-electron chi connectivity index (χ3n) is 3.82. The minimum Gasteiger partial charge on any atom is -0.477 e. The van der Waals surface area contributed by atoms with Gasteiger partial charge in [-0.25, -0.2) is 5.43 Å². The summed E-state index contributed by atoms with van der Waals surface area (Å²) in [5.41, 5.74) is 4.10. The summed E-state index contributed by atoms with van der Waals surface area (Å²) in [4.78, 5) is 22.2. The van der Waals surface area contributed by atoms with Gasteiger partial charge < -0.3 is 9.15 Å². The van der Waals surface area contributed by atoms with Gasteiger partial charge in [-0.15, -0.1) is 0 Å². The molecular formula is C20H16BrN3O5. The zero-order chi connectivity index (χ0) is 20.8. The van der Waals surface area contributed by atoms with Crippen molar-refractivity contribution in [1.82, 2.24) is 5.43 Å². The molecule has 0 aliphatic rings. The van der Waals surface area contributed by atoms with Crippen LogP contribution in [0.15, 0.2) is 68.6 Å². The summed E-state index contributed by atoms with van der Waals surface area (Å²) in [5.74, 6) is 0.556. The van der Waals surface area contributed by atoms with Crippen molar-refractivity contribution < 1.29 is 18.9 Å². The van der Waals surface area contributed by atoms with Gasteiger partial charge in [0.25, 0.3) is 5.91 Å². The first-order valence-corrected chi connectivity index (χ1v) is 9.28. The maximum atomic E-state index is 11.8. The van der Waals surface area contributed by atoms with Gasteiger partial charge in [0.05, 0.1) is 11.1 Å². The number of para-hydroxylation sites is 2. The number of hydrogen-bond acceptors (Lipinski definition) is 6. The molecule has 0 unspecified atom stereocenters. The average molecular weight is 458 g/mol. The van der Waals surface area contributed by atoms with Crippen LogP contribution in [0.4, 0.5) is 5.69 Å². The Bertz CT molecular complexity index is 1080. The van der Waals surface area contributed by atoms with E-state index in [2.05, 4.69) is 26.5 Å². The number of aryl methyl sites for hydroxylation is 1. The smallest absolute Gasteiger partial charge is 0.310 e. The van der Waals surface area contributed by atoms with Crippen LogP contribution in [-0.2, 0) is 4.79 Å². The van der Waals surface area contributed by atoms with Gasteiger partial charge in [0.15, 0.2) is 12.4 Å². The third kappa shape index (κ3) is 5.29. The maximum Gasteiger partial charge on any atom is 0.310 e. The third-order valence-corrected chi connectivity index (χ3v) is 4.47. The fourth-order valence-electron chi connectivity index (χ4n) is 2.46. The second kappa shape index (κ2) is 9.16. The lowest BCUT2D eigenvalue weighted by molar-refractivity contribution is -0.385. The number of benzene rings is 2. The summed E-state index contributed by atoms with van der Waals surface area (Å²) in [6.45, 7) is 1.58. The Morgan fingerprint density at radius 3 is 2.83 bits per heavy atom. The lowest BCUT2D eigenvalue weighted by Crippen LogP contribution is -2.24. The van der Waals surface area contributed by atoms with Crippen LogP contribution in [0, 0.1) is 17.0 Å². The number of hydrazone groups is 1. The molecule has 0 atom stereocenters. The van der Waals surface area contributed by atoms with E-state index in [1.165, 1.54) is 24.4 Å². The topological polar surface area (TPSA) is 107 Å². The number of nitrogens with zero attached hydrogens (tertiary/aromatic N) is 2. The molecule has 3 rings (SSSR count). The number of hydrogen-bond donors (Lipinski definition) is 1. The highest BCUT2D eigenvalue weighted by Gasteiger charge is 2.14. The molecule has 0 fully saturated rings. The van der Waals surface area contributed by atoms with Gasteiger partial charge in [-0.05, 0) is 42.8 Å². The summed E-state index contributed by atoms with van der Waals surface area (Å²) in [7, 11) is 0. The van der Waals surface area contributed by atoms with Crippen molar-refractivity contribution in [2.75, 3.05) is 6.61 Å². The number of carbonyl (C=O) groups excluding carboxylic acids is 1. The minimum atomic E-state index is -0.577. The molecule has 0 aliphatic carbocycles. The van der Waals surface area contributed by atoms with Crippen LogP contribution in [0.25, 0.3) is 11.3 Å². The number of amides is 1. The molecule has 0 spiro atoms. The molecule has 1 heterocycles. The Hall–Kier alpha value is -3.46. The minimum absolute atomic E-state index is 0.0102. The molecule has 0 aliphatic heterocycles. The van der Waals surface area contributed by atoms with E-state index in [1.54, 1.807) is 18.2 Å². The van der Waals surface area contributed by atoms with Gasteiger partial charge >= 0.3 is 5.69 Å². The van der Waals surface area contributed by atoms with E-state index in [1.807, 2.05) is 25.1 Å². The van der Waals surface area contributed by atoms with E-state index in [0.29, 0.717) is 11.5 Å². The molecule has 1 N–H and O–H groups in total. The lowest BCUT2D eigenvalue weighted by atomic mass is 10.1. The first-order valence-electron chi connectivity index (χ1n) is 8.48. The number of nitro benzene ring substituents is 1. The number of ether oxygens (including phenoxy) is 1. The zero-order valence-corrected chi connectivity index (χ0v) is 16.9. The van der Waals surface area contributed by atoms with E-state index in [0.717, 1.165) is 15.6 Å². The highest BCUT2D eigenvalue weighted by atomic mass is 79.9. The first-order chi connectivity index (χ1) is 13.9. The van der Waals surface area contributed by atoms with Crippen molar-refractivity contribution in [1.29, 1.82) is 0 Å². The van der Waals surface area contributed by atoms with Crippen LogP contribution in [-0.4, -0.2) is 23.7 Å². The van der Waals surface area contributed by atoms with Crippen LogP contribution in [0.2, 0.25) is 0 Å². The Morgan fingerprint density at radius 2 is 2.07 bits per heavy atom. The Labute approximate surface area is 174 Å². The first kappa shape index (κ1) is 20.3. The monoisotopic (exact) mass is 457 g/mol. The SMILES string of the molecule is Cc1ccc(-c2ccc(/C=N/NC(=O)COc3ccccc3[N+](=O)[O-])o2)c(Br)c1. The molecule has 148 valence electrons. The van der Waals surface area contributed by atoms with Gasteiger partial charge in [-0.2, -0.15) is 5.10 Å². The maximum absolute atomic E-state index is 11.8. The van der Waals surface area contributed by atoms with Crippen LogP contribution in [0.3, 0.4) is 0 Å². The van der Waals surface area contributed by atoms with E-state index < -0.39 is 17.4 Å². The molecule has 1 aromatic heterocycles. The number of furan rings is 1. The van der Waals surface area contributed by atoms with E-state index in [-0.39, 0.29) is 11.4 Å². The molecule has 29 heavy (non-hydrogen) atoms. The number of rotatable bonds is 7. The van der Waals surface area contributed by atoms with Gasteiger partial charge in [0, 0.05) is 16.1 Å². The van der Waals surface area contributed by atoms with Gasteiger partial charge in [0.1, 0.15) is 11.5 Å². The number of nitro groups is 1.